The SMILES string of the molecule is Clc1ccc2c(c1)C(c1ccccc1Cl)=NCc1nnc(CN3CCN(CCOc4ccccc4)CC3)n1-2. The van der Waals surface area contributed by atoms with E-state index in [2.05, 4.69) is 24.6 Å². The van der Waals surface area contributed by atoms with Crippen molar-refractivity contribution in [2.45, 2.75) is 13.1 Å². The van der Waals surface area contributed by atoms with Crippen molar-refractivity contribution < 1.29 is 4.74 Å². The third-order valence-electron chi connectivity index (χ3n) is 7.01. The van der Waals surface area contributed by atoms with Gasteiger partial charge in [0.1, 0.15) is 18.9 Å². The summed E-state index contributed by atoms with van der Waals surface area (Å²) in [5.74, 6) is 2.63. The van der Waals surface area contributed by atoms with Crippen LogP contribution in [0.5, 0.6) is 5.75 Å². The summed E-state index contributed by atoms with van der Waals surface area (Å²) in [4.78, 5) is 9.80. The Labute approximate surface area is 232 Å². The zero-order chi connectivity index (χ0) is 25.9. The van der Waals surface area contributed by atoms with Crippen LogP contribution < -0.4 is 4.74 Å². The van der Waals surface area contributed by atoms with E-state index < -0.39 is 0 Å². The number of aliphatic imine (C=N–C) groups is 1. The zero-order valence-electron chi connectivity index (χ0n) is 20.9. The fraction of sp³-hybridized carbons (Fsp3) is 0.276. The highest BCUT2D eigenvalue weighted by molar-refractivity contribution is 6.36. The first kappa shape index (κ1) is 25.1. The van der Waals surface area contributed by atoms with Gasteiger partial charge in [0.05, 0.1) is 17.9 Å². The van der Waals surface area contributed by atoms with Gasteiger partial charge < -0.3 is 4.74 Å². The number of rotatable bonds is 7. The van der Waals surface area contributed by atoms with Gasteiger partial charge in [0, 0.05) is 53.9 Å². The molecule has 6 rings (SSSR count). The van der Waals surface area contributed by atoms with E-state index in [4.69, 9.17) is 32.9 Å². The highest BCUT2D eigenvalue weighted by Gasteiger charge is 2.26. The van der Waals surface area contributed by atoms with E-state index in [0.29, 0.717) is 29.7 Å². The highest BCUT2D eigenvalue weighted by atomic mass is 35.5. The second kappa shape index (κ2) is 11.3. The molecule has 0 bridgehead atoms. The van der Waals surface area contributed by atoms with Gasteiger partial charge in [-0.25, -0.2) is 0 Å². The lowest BCUT2D eigenvalue weighted by Crippen LogP contribution is -2.47. The molecule has 194 valence electrons. The fourth-order valence-electron chi connectivity index (χ4n) is 5.03. The van der Waals surface area contributed by atoms with Crippen LogP contribution in [-0.4, -0.2) is 69.6 Å². The van der Waals surface area contributed by atoms with Crippen LogP contribution in [0.25, 0.3) is 5.69 Å². The van der Waals surface area contributed by atoms with Crippen molar-refractivity contribution in [3.8, 4) is 11.4 Å². The maximum absolute atomic E-state index is 6.57. The molecule has 1 fully saturated rings. The van der Waals surface area contributed by atoms with Crippen LogP contribution in [0.1, 0.15) is 22.8 Å². The molecule has 38 heavy (non-hydrogen) atoms. The summed E-state index contributed by atoms with van der Waals surface area (Å²) in [5.41, 5.74) is 3.59. The smallest absolute Gasteiger partial charge is 0.159 e. The second-order valence-electron chi connectivity index (χ2n) is 9.45. The van der Waals surface area contributed by atoms with Crippen molar-refractivity contribution in [1.29, 1.82) is 0 Å². The zero-order valence-corrected chi connectivity index (χ0v) is 22.4. The molecule has 1 saturated heterocycles. The van der Waals surface area contributed by atoms with Crippen molar-refractivity contribution >= 4 is 28.9 Å². The number of hydrogen-bond acceptors (Lipinski definition) is 6. The van der Waals surface area contributed by atoms with Crippen LogP contribution in [0.3, 0.4) is 0 Å². The predicted molar refractivity (Wildman–Crippen MR) is 151 cm³/mol. The summed E-state index contributed by atoms with van der Waals surface area (Å²) in [7, 11) is 0. The average molecular weight is 547 g/mol. The van der Waals surface area contributed by atoms with Gasteiger partial charge in [0.15, 0.2) is 11.6 Å². The standard InChI is InChI=1S/C29H28Cl2N6O/c30-21-10-11-26-24(18-21)29(23-8-4-5-9-25(23)31)32-19-27-33-34-28(37(26)27)20-36-14-12-35(13-15-36)16-17-38-22-6-2-1-3-7-22/h1-11,18H,12-17,19-20H2. The molecule has 3 heterocycles. The Morgan fingerprint density at radius 3 is 2.37 bits per heavy atom. The molecule has 0 aliphatic carbocycles. The molecule has 2 aliphatic heterocycles. The average Bonchev–Trinajstić information content (AvgIpc) is 3.25. The maximum Gasteiger partial charge on any atom is 0.159 e. The van der Waals surface area contributed by atoms with Crippen molar-refractivity contribution in [2.24, 2.45) is 4.99 Å². The van der Waals surface area contributed by atoms with Crippen LogP contribution in [-0.2, 0) is 13.1 Å². The van der Waals surface area contributed by atoms with Crippen molar-refractivity contribution in [1.82, 2.24) is 24.6 Å². The lowest BCUT2D eigenvalue weighted by molar-refractivity contribution is 0.110. The third kappa shape index (κ3) is 5.33. The molecular weight excluding hydrogens is 519 g/mol. The lowest BCUT2D eigenvalue weighted by Gasteiger charge is -2.34. The van der Waals surface area contributed by atoms with E-state index in [1.807, 2.05) is 72.8 Å². The Hall–Kier alpha value is -3.23. The Morgan fingerprint density at radius 1 is 0.789 bits per heavy atom. The number of benzene rings is 3. The first-order valence-corrected chi connectivity index (χ1v) is 13.6. The van der Waals surface area contributed by atoms with Gasteiger partial charge >= 0.3 is 0 Å². The van der Waals surface area contributed by atoms with E-state index in [1.165, 1.54) is 0 Å². The van der Waals surface area contributed by atoms with E-state index in [1.54, 1.807) is 0 Å². The summed E-state index contributed by atoms with van der Waals surface area (Å²) in [6, 6.07) is 23.6. The van der Waals surface area contributed by atoms with Crippen molar-refractivity contribution in [3.63, 3.8) is 0 Å². The molecule has 0 amide bonds. The molecule has 0 atom stereocenters. The minimum Gasteiger partial charge on any atom is -0.492 e. The van der Waals surface area contributed by atoms with Gasteiger partial charge in [-0.05, 0) is 36.4 Å². The number of aromatic nitrogens is 3. The predicted octanol–water partition coefficient (Wildman–Crippen LogP) is 5.12. The topological polar surface area (TPSA) is 58.8 Å². The first-order chi connectivity index (χ1) is 18.7. The molecule has 0 radical (unpaired) electrons. The Kier molecular flexibility index (Phi) is 7.42. The molecule has 0 unspecified atom stereocenters. The minimum atomic E-state index is 0.412. The summed E-state index contributed by atoms with van der Waals surface area (Å²) >= 11 is 13.0. The number of halogens is 2. The summed E-state index contributed by atoms with van der Waals surface area (Å²) < 4.78 is 8.02. The highest BCUT2D eigenvalue weighted by Crippen LogP contribution is 2.30. The van der Waals surface area contributed by atoms with Gasteiger partial charge in [-0.15, -0.1) is 10.2 Å². The number of fused-ring (bicyclic) bond motifs is 3. The van der Waals surface area contributed by atoms with Gasteiger partial charge in [-0.1, -0.05) is 59.6 Å². The quantitative estimate of drug-likeness (QED) is 0.322. The van der Waals surface area contributed by atoms with E-state index >= 15 is 0 Å². The number of hydrogen-bond donors (Lipinski definition) is 0. The second-order valence-corrected chi connectivity index (χ2v) is 10.3. The molecule has 0 spiro atoms. The number of nitrogens with zero attached hydrogens (tertiary/aromatic N) is 6. The van der Waals surface area contributed by atoms with Crippen LogP contribution in [0, 0.1) is 0 Å². The Bertz CT molecular complexity index is 1450. The van der Waals surface area contributed by atoms with Gasteiger partial charge in [-0.2, -0.15) is 0 Å². The molecule has 7 nitrogen and oxygen atoms in total. The van der Waals surface area contributed by atoms with Crippen molar-refractivity contribution in [3.05, 3.63) is 106 Å². The van der Waals surface area contributed by atoms with E-state index in [9.17, 15) is 0 Å². The van der Waals surface area contributed by atoms with E-state index in [-0.39, 0.29) is 0 Å². The maximum atomic E-state index is 6.57. The summed E-state index contributed by atoms with van der Waals surface area (Å²) in [6.07, 6.45) is 0. The molecule has 0 N–H and O–H groups in total. The minimum absolute atomic E-state index is 0.412. The number of para-hydroxylation sites is 1. The fourth-order valence-corrected chi connectivity index (χ4v) is 5.43. The molecule has 0 saturated carbocycles. The molecule has 2 aliphatic rings. The number of ether oxygens (including phenoxy) is 1. The van der Waals surface area contributed by atoms with Crippen LogP contribution >= 0.6 is 23.2 Å². The monoisotopic (exact) mass is 546 g/mol. The van der Waals surface area contributed by atoms with Crippen LogP contribution in [0.15, 0.2) is 77.8 Å². The molecule has 3 aromatic carbocycles. The molecule has 9 heteroatoms. The first-order valence-electron chi connectivity index (χ1n) is 12.8. The van der Waals surface area contributed by atoms with E-state index in [0.717, 1.165) is 72.6 Å². The van der Waals surface area contributed by atoms with Crippen molar-refractivity contribution in [2.75, 3.05) is 39.3 Å². The normalized spacial score (nSPS) is 15.9. The molecule has 1 aromatic heterocycles. The lowest BCUT2D eigenvalue weighted by atomic mass is 10.0. The van der Waals surface area contributed by atoms with Gasteiger partial charge in [-0.3, -0.25) is 19.4 Å². The largest absolute Gasteiger partial charge is 0.492 e. The molecule has 4 aromatic rings. The Morgan fingerprint density at radius 2 is 1.55 bits per heavy atom. The Balaban J connectivity index is 1.16. The van der Waals surface area contributed by atoms with Gasteiger partial charge in [0.2, 0.25) is 0 Å². The van der Waals surface area contributed by atoms with Gasteiger partial charge in [0.25, 0.3) is 0 Å². The third-order valence-corrected chi connectivity index (χ3v) is 7.57. The number of piperazine rings is 1. The molecular formula is C29H28Cl2N6O. The summed E-state index contributed by atoms with van der Waals surface area (Å²) in [5, 5.41) is 10.4. The van der Waals surface area contributed by atoms with Crippen LogP contribution in [0.2, 0.25) is 10.0 Å². The summed E-state index contributed by atoms with van der Waals surface area (Å²) in [6.45, 7) is 6.63. The van der Waals surface area contributed by atoms with Crippen LogP contribution in [0.4, 0.5) is 0 Å².